The lowest BCUT2D eigenvalue weighted by molar-refractivity contribution is 0.230. The second-order valence-corrected chi connectivity index (χ2v) is 5.39. The first kappa shape index (κ1) is 12.9. The maximum Gasteiger partial charge on any atom is 0.123 e. The Morgan fingerprint density at radius 1 is 1.11 bits per heavy atom. The molecule has 0 saturated carbocycles. The Kier molecular flexibility index (Phi) is 4.01. The molecular weight excluding hydrogens is 238 g/mol. The number of piperazine rings is 1. The molecule has 2 N–H and O–H groups in total. The summed E-state index contributed by atoms with van der Waals surface area (Å²) in [5.74, 6) is 1.04. The highest BCUT2D eigenvalue weighted by molar-refractivity contribution is 5.43. The van der Waals surface area contributed by atoms with E-state index in [1.54, 1.807) is 7.11 Å². The van der Waals surface area contributed by atoms with Crippen LogP contribution in [0.3, 0.4) is 0 Å². The maximum absolute atomic E-state index is 5.58. The largest absolute Gasteiger partial charge is 0.496 e. The number of nitrogens with zero attached hydrogens (tertiary/aromatic N) is 1. The van der Waals surface area contributed by atoms with Gasteiger partial charge < -0.3 is 15.4 Å². The molecule has 0 bridgehead atoms. The van der Waals surface area contributed by atoms with Crippen LogP contribution < -0.4 is 15.4 Å². The molecule has 2 aliphatic rings. The summed E-state index contributed by atoms with van der Waals surface area (Å²) in [5, 5.41) is 6.82. The van der Waals surface area contributed by atoms with Gasteiger partial charge in [-0.05, 0) is 30.2 Å². The van der Waals surface area contributed by atoms with Gasteiger partial charge in [0, 0.05) is 44.8 Å². The molecule has 0 unspecified atom stereocenters. The molecule has 2 heterocycles. The normalized spacial score (nSPS) is 20.1. The van der Waals surface area contributed by atoms with Gasteiger partial charge in [0.25, 0.3) is 0 Å². The van der Waals surface area contributed by atoms with E-state index >= 15 is 0 Å². The minimum atomic E-state index is 0.972. The topological polar surface area (TPSA) is 36.5 Å². The van der Waals surface area contributed by atoms with Gasteiger partial charge in [-0.2, -0.15) is 0 Å². The Morgan fingerprint density at radius 3 is 2.74 bits per heavy atom. The summed E-state index contributed by atoms with van der Waals surface area (Å²) in [6.07, 6.45) is 1.13. The Hall–Kier alpha value is -1.10. The molecule has 1 aromatic rings. The fourth-order valence-corrected chi connectivity index (χ4v) is 2.98. The summed E-state index contributed by atoms with van der Waals surface area (Å²) >= 11 is 0. The highest BCUT2D eigenvalue weighted by atomic mass is 16.5. The molecule has 4 nitrogen and oxygen atoms in total. The Morgan fingerprint density at radius 2 is 1.95 bits per heavy atom. The van der Waals surface area contributed by atoms with Crippen molar-refractivity contribution in [1.29, 1.82) is 0 Å². The second kappa shape index (κ2) is 5.90. The van der Waals surface area contributed by atoms with E-state index in [0.717, 1.165) is 58.0 Å². The molecule has 1 fully saturated rings. The van der Waals surface area contributed by atoms with Gasteiger partial charge in [-0.3, -0.25) is 4.90 Å². The minimum Gasteiger partial charge on any atom is -0.496 e. The zero-order valence-corrected chi connectivity index (χ0v) is 11.7. The van der Waals surface area contributed by atoms with Crippen molar-refractivity contribution in [2.45, 2.75) is 19.5 Å². The molecule has 0 spiro atoms. The van der Waals surface area contributed by atoms with E-state index in [4.69, 9.17) is 4.74 Å². The molecule has 1 saturated heterocycles. The van der Waals surface area contributed by atoms with Gasteiger partial charge >= 0.3 is 0 Å². The average molecular weight is 261 g/mol. The molecule has 0 radical (unpaired) electrons. The zero-order chi connectivity index (χ0) is 13.1. The van der Waals surface area contributed by atoms with Gasteiger partial charge in [0.2, 0.25) is 0 Å². The van der Waals surface area contributed by atoms with Crippen LogP contribution in [0.15, 0.2) is 12.1 Å². The highest BCUT2D eigenvalue weighted by Gasteiger charge is 2.16. The highest BCUT2D eigenvalue weighted by Crippen LogP contribution is 2.27. The number of methoxy groups -OCH3 is 1. The van der Waals surface area contributed by atoms with Crippen LogP contribution in [-0.4, -0.2) is 44.7 Å². The van der Waals surface area contributed by atoms with Crippen LogP contribution in [0.1, 0.15) is 16.7 Å². The van der Waals surface area contributed by atoms with Gasteiger partial charge in [0.1, 0.15) is 5.75 Å². The van der Waals surface area contributed by atoms with Crippen molar-refractivity contribution in [3.8, 4) is 5.75 Å². The first-order valence-electron chi connectivity index (χ1n) is 7.19. The summed E-state index contributed by atoms with van der Waals surface area (Å²) in [6.45, 7) is 7.51. The van der Waals surface area contributed by atoms with Crippen molar-refractivity contribution in [2.24, 2.45) is 0 Å². The summed E-state index contributed by atoms with van der Waals surface area (Å²) in [7, 11) is 1.78. The first-order valence-corrected chi connectivity index (χ1v) is 7.19. The van der Waals surface area contributed by atoms with E-state index in [-0.39, 0.29) is 0 Å². The molecule has 4 heteroatoms. The molecular formula is C15H23N3O. The van der Waals surface area contributed by atoms with E-state index in [9.17, 15) is 0 Å². The molecule has 19 heavy (non-hydrogen) atoms. The van der Waals surface area contributed by atoms with Crippen molar-refractivity contribution < 1.29 is 4.74 Å². The predicted octanol–water partition coefficient (Wildman–Crippen LogP) is 0.746. The molecule has 0 aliphatic carbocycles. The lowest BCUT2D eigenvalue weighted by Crippen LogP contribution is -2.43. The number of hydrogen-bond acceptors (Lipinski definition) is 4. The van der Waals surface area contributed by atoms with Crippen LogP contribution in [0, 0.1) is 0 Å². The maximum atomic E-state index is 5.58. The lowest BCUT2D eigenvalue weighted by Gasteiger charge is -2.28. The molecule has 0 aromatic heterocycles. The van der Waals surface area contributed by atoms with Crippen LogP contribution in [0.25, 0.3) is 0 Å². The van der Waals surface area contributed by atoms with E-state index in [1.165, 1.54) is 16.7 Å². The number of nitrogens with one attached hydrogen (secondary N) is 2. The van der Waals surface area contributed by atoms with Gasteiger partial charge in [0.15, 0.2) is 0 Å². The Labute approximate surface area is 115 Å². The van der Waals surface area contributed by atoms with Crippen LogP contribution in [0.4, 0.5) is 0 Å². The van der Waals surface area contributed by atoms with E-state index < -0.39 is 0 Å². The van der Waals surface area contributed by atoms with Crippen LogP contribution >= 0.6 is 0 Å². The molecule has 2 aliphatic heterocycles. The quantitative estimate of drug-likeness (QED) is 0.842. The standard InChI is InChI=1S/C15H23N3O/c1-19-15-9-13-10-17-3-2-12(13)8-14(15)11-18-6-4-16-5-7-18/h8-9,16-17H,2-7,10-11H2,1H3. The van der Waals surface area contributed by atoms with E-state index in [1.807, 2.05) is 0 Å². The van der Waals surface area contributed by atoms with Crippen molar-refractivity contribution in [3.63, 3.8) is 0 Å². The molecule has 3 rings (SSSR count). The van der Waals surface area contributed by atoms with Crippen LogP contribution in [-0.2, 0) is 19.5 Å². The lowest BCUT2D eigenvalue weighted by atomic mass is 9.97. The van der Waals surface area contributed by atoms with Crippen molar-refractivity contribution in [1.82, 2.24) is 15.5 Å². The summed E-state index contributed by atoms with van der Waals surface area (Å²) < 4.78 is 5.58. The third kappa shape index (κ3) is 2.91. The van der Waals surface area contributed by atoms with E-state index in [2.05, 4.69) is 27.7 Å². The molecule has 0 amide bonds. The first-order chi connectivity index (χ1) is 9.36. The minimum absolute atomic E-state index is 0.972. The smallest absolute Gasteiger partial charge is 0.123 e. The predicted molar refractivity (Wildman–Crippen MR) is 76.6 cm³/mol. The Bertz CT molecular complexity index is 441. The third-order valence-electron chi connectivity index (χ3n) is 4.09. The fraction of sp³-hybridized carbons (Fsp3) is 0.600. The molecule has 1 aromatic carbocycles. The van der Waals surface area contributed by atoms with Crippen LogP contribution in [0.2, 0.25) is 0 Å². The monoisotopic (exact) mass is 261 g/mol. The zero-order valence-electron chi connectivity index (χ0n) is 11.7. The van der Waals surface area contributed by atoms with Gasteiger partial charge in [0.05, 0.1) is 7.11 Å². The fourth-order valence-electron chi connectivity index (χ4n) is 2.98. The number of fused-ring (bicyclic) bond motifs is 1. The number of rotatable bonds is 3. The summed E-state index contributed by atoms with van der Waals surface area (Å²) in [4.78, 5) is 2.50. The van der Waals surface area contributed by atoms with Gasteiger partial charge in [-0.25, -0.2) is 0 Å². The van der Waals surface area contributed by atoms with Crippen molar-refractivity contribution >= 4 is 0 Å². The number of hydrogen-bond donors (Lipinski definition) is 2. The third-order valence-corrected chi connectivity index (χ3v) is 4.09. The average Bonchev–Trinajstić information content (AvgIpc) is 2.47. The van der Waals surface area contributed by atoms with E-state index in [0.29, 0.717) is 0 Å². The second-order valence-electron chi connectivity index (χ2n) is 5.39. The molecule has 0 atom stereocenters. The number of ether oxygens (including phenoxy) is 1. The van der Waals surface area contributed by atoms with Crippen molar-refractivity contribution in [2.75, 3.05) is 39.8 Å². The molecule has 104 valence electrons. The summed E-state index contributed by atoms with van der Waals surface area (Å²) in [6, 6.07) is 4.58. The number of benzene rings is 1. The van der Waals surface area contributed by atoms with Crippen LogP contribution in [0.5, 0.6) is 5.75 Å². The van der Waals surface area contributed by atoms with Gasteiger partial charge in [-0.1, -0.05) is 6.07 Å². The van der Waals surface area contributed by atoms with Crippen molar-refractivity contribution in [3.05, 3.63) is 28.8 Å². The summed E-state index contributed by atoms with van der Waals surface area (Å²) in [5.41, 5.74) is 4.22. The van der Waals surface area contributed by atoms with Gasteiger partial charge in [-0.15, -0.1) is 0 Å². The SMILES string of the molecule is COc1cc2c(cc1CN1CCNCC1)CCNC2. The Balaban J connectivity index is 1.82.